The van der Waals surface area contributed by atoms with Gasteiger partial charge in [-0.05, 0) is 36.8 Å². The lowest BCUT2D eigenvalue weighted by Gasteiger charge is -2.22. The van der Waals surface area contributed by atoms with Crippen LogP contribution in [0.15, 0.2) is 12.1 Å². The van der Waals surface area contributed by atoms with Crippen molar-refractivity contribution >= 4 is 22.9 Å². The summed E-state index contributed by atoms with van der Waals surface area (Å²) >= 11 is 7.57. The second-order valence-electron chi connectivity index (χ2n) is 4.65. The van der Waals surface area contributed by atoms with Crippen molar-refractivity contribution in [3.8, 4) is 0 Å². The van der Waals surface area contributed by atoms with E-state index in [9.17, 15) is 0 Å². The molecule has 0 saturated heterocycles. The zero-order valence-electron chi connectivity index (χ0n) is 9.08. The normalized spacial score (nSPS) is 28.2. The van der Waals surface area contributed by atoms with Crippen molar-refractivity contribution < 1.29 is 0 Å². The van der Waals surface area contributed by atoms with Crippen LogP contribution in [0.5, 0.6) is 0 Å². The molecule has 1 heterocycles. The van der Waals surface area contributed by atoms with E-state index in [0.29, 0.717) is 12.0 Å². The highest BCUT2D eigenvalue weighted by molar-refractivity contribution is 7.16. The molecule has 3 atom stereocenters. The molecule has 15 heavy (non-hydrogen) atoms. The minimum Gasteiger partial charge on any atom is -0.327 e. The van der Waals surface area contributed by atoms with Crippen LogP contribution in [0.25, 0.3) is 0 Å². The van der Waals surface area contributed by atoms with Crippen molar-refractivity contribution in [3.63, 3.8) is 0 Å². The molecular formula is C12H18ClNS. The van der Waals surface area contributed by atoms with E-state index in [0.717, 1.165) is 16.7 Å². The molecule has 1 aliphatic rings. The predicted octanol–water partition coefficient (Wildman–Crippen LogP) is 3.71. The van der Waals surface area contributed by atoms with Gasteiger partial charge < -0.3 is 5.73 Å². The monoisotopic (exact) mass is 243 g/mol. The third kappa shape index (κ3) is 2.74. The Hall–Kier alpha value is -0.0500. The van der Waals surface area contributed by atoms with Crippen molar-refractivity contribution in [2.45, 2.75) is 38.6 Å². The van der Waals surface area contributed by atoms with Gasteiger partial charge in [0.05, 0.1) is 4.34 Å². The summed E-state index contributed by atoms with van der Waals surface area (Å²) in [6, 6.07) is 4.39. The minimum atomic E-state index is 0.317. The highest BCUT2D eigenvalue weighted by atomic mass is 35.5. The van der Waals surface area contributed by atoms with E-state index in [1.165, 1.54) is 24.1 Å². The van der Waals surface area contributed by atoms with Crippen molar-refractivity contribution in [1.82, 2.24) is 0 Å². The number of thiophene rings is 1. The maximum atomic E-state index is 6.27. The lowest BCUT2D eigenvalue weighted by atomic mass is 9.89. The van der Waals surface area contributed by atoms with E-state index >= 15 is 0 Å². The summed E-state index contributed by atoms with van der Waals surface area (Å²) in [7, 11) is 0. The van der Waals surface area contributed by atoms with Gasteiger partial charge in [0.15, 0.2) is 0 Å². The zero-order valence-corrected chi connectivity index (χ0v) is 10.7. The first-order valence-corrected chi connectivity index (χ1v) is 6.86. The molecule has 0 amide bonds. The van der Waals surface area contributed by atoms with Crippen LogP contribution < -0.4 is 5.73 Å². The number of rotatable bonds is 3. The molecule has 0 aromatic carbocycles. The molecule has 3 unspecified atom stereocenters. The summed E-state index contributed by atoms with van der Waals surface area (Å²) in [6.45, 7) is 2.33. The summed E-state index contributed by atoms with van der Waals surface area (Å²) < 4.78 is 0.872. The predicted molar refractivity (Wildman–Crippen MR) is 67.5 cm³/mol. The average Bonchev–Trinajstić information content (AvgIpc) is 2.75. The van der Waals surface area contributed by atoms with Gasteiger partial charge in [-0.2, -0.15) is 0 Å². The van der Waals surface area contributed by atoms with Gasteiger partial charge in [-0.15, -0.1) is 11.3 Å². The highest BCUT2D eigenvalue weighted by Crippen LogP contribution is 2.34. The fourth-order valence-corrected chi connectivity index (χ4v) is 3.81. The molecule has 3 heteroatoms. The molecule has 1 aromatic heterocycles. The Morgan fingerprint density at radius 3 is 2.87 bits per heavy atom. The number of hydrogen-bond acceptors (Lipinski definition) is 2. The van der Waals surface area contributed by atoms with E-state index < -0.39 is 0 Å². The third-order valence-corrected chi connectivity index (χ3v) is 4.80. The van der Waals surface area contributed by atoms with Crippen LogP contribution in [-0.2, 0) is 6.42 Å². The molecule has 84 valence electrons. The number of halogens is 1. The van der Waals surface area contributed by atoms with Gasteiger partial charge in [-0.25, -0.2) is 0 Å². The summed E-state index contributed by atoms with van der Waals surface area (Å²) in [4.78, 5) is 1.33. The standard InChI is InChI=1S/C12H18ClNS/c1-8-3-2-4-10(8)11(14)7-9-5-6-12(13)15-9/h5-6,8,10-11H,2-4,7,14H2,1H3. The van der Waals surface area contributed by atoms with E-state index in [-0.39, 0.29) is 0 Å². The van der Waals surface area contributed by atoms with Crippen LogP contribution in [0.4, 0.5) is 0 Å². The Kier molecular flexibility index (Phi) is 3.70. The third-order valence-electron chi connectivity index (χ3n) is 3.54. The van der Waals surface area contributed by atoms with Crippen molar-refractivity contribution in [2.24, 2.45) is 17.6 Å². The van der Waals surface area contributed by atoms with E-state index in [1.54, 1.807) is 11.3 Å². The molecule has 1 aliphatic carbocycles. The molecular weight excluding hydrogens is 226 g/mol. The van der Waals surface area contributed by atoms with Gasteiger partial charge in [0, 0.05) is 10.9 Å². The smallest absolute Gasteiger partial charge is 0.0931 e. The first-order chi connectivity index (χ1) is 7.16. The van der Waals surface area contributed by atoms with Crippen molar-refractivity contribution in [1.29, 1.82) is 0 Å². The van der Waals surface area contributed by atoms with Crippen LogP contribution >= 0.6 is 22.9 Å². The van der Waals surface area contributed by atoms with E-state index in [2.05, 4.69) is 13.0 Å². The molecule has 1 fully saturated rings. The van der Waals surface area contributed by atoms with Crippen LogP contribution in [0, 0.1) is 11.8 Å². The molecule has 1 nitrogen and oxygen atoms in total. The van der Waals surface area contributed by atoms with Gasteiger partial charge in [0.2, 0.25) is 0 Å². The topological polar surface area (TPSA) is 26.0 Å². The van der Waals surface area contributed by atoms with Crippen LogP contribution in [0.1, 0.15) is 31.1 Å². The Bertz CT molecular complexity index is 323. The lowest BCUT2D eigenvalue weighted by Crippen LogP contribution is -2.33. The summed E-state index contributed by atoms with van der Waals surface area (Å²) in [6.07, 6.45) is 5.00. The Morgan fingerprint density at radius 1 is 1.53 bits per heavy atom. The van der Waals surface area contributed by atoms with Crippen LogP contribution in [-0.4, -0.2) is 6.04 Å². The Balaban J connectivity index is 1.94. The second-order valence-corrected chi connectivity index (χ2v) is 6.45. The summed E-state index contributed by atoms with van der Waals surface area (Å²) in [5.74, 6) is 1.52. The zero-order chi connectivity index (χ0) is 10.8. The Morgan fingerprint density at radius 2 is 2.33 bits per heavy atom. The largest absolute Gasteiger partial charge is 0.327 e. The van der Waals surface area contributed by atoms with Gasteiger partial charge in [0.25, 0.3) is 0 Å². The van der Waals surface area contributed by atoms with Gasteiger partial charge in [0.1, 0.15) is 0 Å². The van der Waals surface area contributed by atoms with Gasteiger partial charge >= 0.3 is 0 Å². The van der Waals surface area contributed by atoms with E-state index in [1.807, 2.05) is 6.07 Å². The van der Waals surface area contributed by atoms with Crippen molar-refractivity contribution in [2.75, 3.05) is 0 Å². The number of nitrogens with two attached hydrogens (primary N) is 1. The molecule has 1 saturated carbocycles. The maximum Gasteiger partial charge on any atom is 0.0931 e. The molecule has 0 aliphatic heterocycles. The minimum absolute atomic E-state index is 0.317. The average molecular weight is 244 g/mol. The lowest BCUT2D eigenvalue weighted by molar-refractivity contribution is 0.344. The first-order valence-electron chi connectivity index (χ1n) is 5.66. The molecule has 0 bridgehead atoms. The molecule has 0 radical (unpaired) electrons. The molecule has 2 rings (SSSR count). The fraction of sp³-hybridized carbons (Fsp3) is 0.667. The second kappa shape index (κ2) is 4.86. The molecule has 2 N–H and O–H groups in total. The summed E-state index contributed by atoms with van der Waals surface area (Å²) in [5.41, 5.74) is 6.27. The highest BCUT2D eigenvalue weighted by Gasteiger charge is 2.28. The van der Waals surface area contributed by atoms with Crippen LogP contribution in [0.2, 0.25) is 4.34 Å². The van der Waals surface area contributed by atoms with Gasteiger partial charge in [-0.1, -0.05) is 31.4 Å². The van der Waals surface area contributed by atoms with E-state index in [4.69, 9.17) is 17.3 Å². The SMILES string of the molecule is CC1CCCC1C(N)Cc1ccc(Cl)s1. The number of hydrogen-bond donors (Lipinski definition) is 1. The summed E-state index contributed by atoms with van der Waals surface area (Å²) in [5, 5.41) is 0. The van der Waals surface area contributed by atoms with Crippen LogP contribution in [0.3, 0.4) is 0 Å². The quantitative estimate of drug-likeness (QED) is 0.861. The molecule has 1 aromatic rings. The van der Waals surface area contributed by atoms with Gasteiger partial charge in [-0.3, -0.25) is 0 Å². The molecule has 0 spiro atoms. The first kappa shape index (κ1) is 11.4. The Labute approximate surface area is 101 Å². The fourth-order valence-electron chi connectivity index (χ4n) is 2.66. The maximum absolute atomic E-state index is 6.27. The van der Waals surface area contributed by atoms with Crippen molar-refractivity contribution in [3.05, 3.63) is 21.3 Å².